The molecule has 0 atom stereocenters. The Bertz CT molecular complexity index is 594. The predicted octanol–water partition coefficient (Wildman–Crippen LogP) is 0.0530. The fourth-order valence-corrected chi connectivity index (χ4v) is 0.830. The van der Waals surface area contributed by atoms with Crippen LogP contribution >= 0.6 is 0 Å². The van der Waals surface area contributed by atoms with Crippen LogP contribution in [0.15, 0.2) is 5.11 Å². The van der Waals surface area contributed by atoms with Crippen LogP contribution in [-0.4, -0.2) is 35.0 Å². The van der Waals surface area contributed by atoms with Gasteiger partial charge in [0.05, 0.1) is 0 Å². The van der Waals surface area contributed by atoms with Crippen LogP contribution in [0.25, 0.3) is 21.6 Å². The monoisotopic (exact) mass is 222 g/mol. The number of aromatic nitrogens is 6. The maximum atomic E-state index is 10.1. The molecule has 0 aliphatic heterocycles. The normalized spacial score (nSPS) is 9.75. The van der Waals surface area contributed by atoms with Gasteiger partial charge in [-0.2, -0.15) is 10.2 Å². The van der Waals surface area contributed by atoms with Crippen molar-refractivity contribution in [1.82, 2.24) is 30.0 Å². The molecule has 0 amide bonds. The molecule has 0 saturated heterocycles. The fraction of sp³-hybridized carbons (Fsp3) is 0. The summed E-state index contributed by atoms with van der Waals surface area (Å²) in [5.41, 5.74) is 11.0. The lowest BCUT2D eigenvalue weighted by Gasteiger charge is -2.00. The molecule has 2 aromatic heterocycles. The molecule has 16 heavy (non-hydrogen) atoms. The summed E-state index contributed by atoms with van der Waals surface area (Å²) in [6.07, 6.45) is 0. The van der Waals surface area contributed by atoms with E-state index in [0.29, 0.717) is 0 Å². The van der Waals surface area contributed by atoms with Crippen LogP contribution in [0, 0.1) is 10.1 Å². The quantitative estimate of drug-likeness (QED) is 0.231. The highest BCUT2D eigenvalue weighted by molar-refractivity contribution is 5.37. The molecule has 0 N–H and O–H groups in total. The highest BCUT2D eigenvalue weighted by Gasteiger charge is 2.04. The Morgan fingerprint density at radius 1 is 1.44 bits per heavy atom. The van der Waals surface area contributed by atoms with E-state index in [1.165, 1.54) is 0 Å². The summed E-state index contributed by atoms with van der Waals surface area (Å²) in [5, 5.41) is 29.4. The fourth-order valence-electron chi connectivity index (χ4n) is 0.830. The molecule has 0 fully saturated rings. The van der Waals surface area contributed by atoms with Crippen molar-refractivity contribution in [3.63, 3.8) is 0 Å². The zero-order chi connectivity index (χ0) is 11.5. The van der Waals surface area contributed by atoms with Gasteiger partial charge in [0.2, 0.25) is 11.7 Å². The van der Waals surface area contributed by atoms with E-state index in [4.69, 9.17) is 5.53 Å². The molecule has 0 aromatic carbocycles. The first-order valence-corrected chi connectivity index (χ1v) is 3.58. The first kappa shape index (κ1) is 9.47. The molecule has 2 aromatic rings. The van der Waals surface area contributed by atoms with E-state index in [9.17, 15) is 10.1 Å². The highest BCUT2D eigenvalue weighted by Crippen LogP contribution is 2.14. The van der Waals surface area contributed by atoms with Crippen LogP contribution < -0.4 is 0 Å². The molecule has 0 saturated carbocycles. The van der Waals surface area contributed by atoms with Gasteiger partial charge in [-0.3, -0.25) is 9.61 Å². The van der Waals surface area contributed by atoms with Crippen LogP contribution in [0.1, 0.15) is 0 Å². The van der Waals surface area contributed by atoms with Crippen molar-refractivity contribution < 1.29 is 5.03 Å². The van der Waals surface area contributed by atoms with Crippen LogP contribution in [-0.2, 0) is 0 Å². The second kappa shape index (κ2) is 3.58. The minimum atomic E-state index is -0.966. The number of nitro groups is 1. The third-order valence-corrected chi connectivity index (χ3v) is 1.33. The van der Waals surface area contributed by atoms with Crippen molar-refractivity contribution in [3.8, 4) is 0 Å². The van der Waals surface area contributed by atoms with E-state index in [1.807, 2.05) is 0 Å². The summed E-state index contributed by atoms with van der Waals surface area (Å²) in [5.74, 6) is -0.823. The Balaban J connectivity index is 2.55. The average molecular weight is 222 g/mol. The van der Waals surface area contributed by atoms with E-state index >= 15 is 0 Å². The van der Waals surface area contributed by atoms with Gasteiger partial charge in [0, 0.05) is 4.91 Å². The minimum absolute atomic E-state index is 0.0995. The van der Waals surface area contributed by atoms with E-state index in [0.717, 1.165) is 4.52 Å². The Labute approximate surface area is 84.9 Å². The lowest BCUT2D eigenvalue weighted by molar-refractivity contribution is -0.419. The topological polar surface area (TPSA) is 175 Å². The van der Waals surface area contributed by atoms with E-state index in [1.54, 1.807) is 0 Å². The van der Waals surface area contributed by atoms with Crippen molar-refractivity contribution >= 4 is 17.7 Å². The van der Waals surface area contributed by atoms with Gasteiger partial charge in [0.25, 0.3) is 0 Å². The molecule has 0 aliphatic carbocycles. The number of azide groups is 1. The molecule has 0 unspecified atom stereocenters. The van der Waals surface area contributed by atoms with E-state index in [-0.39, 0.29) is 11.7 Å². The first-order valence-electron chi connectivity index (χ1n) is 3.58. The number of fused-ring (bicyclic) bond motifs is 1. The van der Waals surface area contributed by atoms with Gasteiger partial charge < -0.3 is 0 Å². The molecule has 2 heterocycles. The molecule has 13 nitrogen and oxygen atoms in total. The van der Waals surface area contributed by atoms with Crippen molar-refractivity contribution in [3.05, 3.63) is 26.0 Å². The molecule has 2 rings (SSSR count). The summed E-state index contributed by atoms with van der Waals surface area (Å²) in [4.78, 5) is 12.6. The molecule has 0 aliphatic rings. The average Bonchev–Trinajstić information content (AvgIpc) is 2.61. The van der Waals surface area contributed by atoms with Gasteiger partial charge in [-0.1, -0.05) is 5.43 Å². The Hall–Kier alpha value is -3.08. The second-order valence-electron chi connectivity index (χ2n) is 2.24. The zero-order valence-corrected chi connectivity index (χ0v) is 7.24. The molecule has 13 heteroatoms. The Morgan fingerprint density at radius 3 is 2.88 bits per heavy atom. The third-order valence-electron chi connectivity index (χ3n) is 1.33. The summed E-state index contributed by atoms with van der Waals surface area (Å²) in [7, 11) is 0. The van der Waals surface area contributed by atoms with Crippen LogP contribution in [0.3, 0.4) is 0 Å². The largest absolute Gasteiger partial charge is 0.265 e. The van der Waals surface area contributed by atoms with E-state index in [2.05, 4.69) is 40.9 Å². The number of hydrogen-bond acceptors (Lipinski definition) is 8. The van der Waals surface area contributed by atoms with Crippen molar-refractivity contribution in [2.24, 2.45) is 5.11 Å². The maximum Gasteiger partial charge on any atom is 0.244 e. The lowest BCUT2D eigenvalue weighted by atomic mass is 11.0. The van der Waals surface area contributed by atoms with Gasteiger partial charge in [-0.05, 0) is 10.6 Å². The smallest absolute Gasteiger partial charge is 0.244 e. The molecular formula is C3N11O2-. The SMILES string of the molecule is [N-]=[N+]=Nc1nnc2nnc([N-][N+](=O)[O-])n2n1. The first-order chi connectivity index (χ1) is 7.70. The maximum absolute atomic E-state index is 10.1. The van der Waals surface area contributed by atoms with Crippen molar-refractivity contribution in [2.45, 2.75) is 0 Å². The summed E-state index contributed by atoms with van der Waals surface area (Å²) >= 11 is 0. The lowest BCUT2D eigenvalue weighted by Crippen LogP contribution is -1.99. The van der Waals surface area contributed by atoms with Gasteiger partial charge >= 0.3 is 0 Å². The van der Waals surface area contributed by atoms with Crippen molar-refractivity contribution in [2.75, 3.05) is 0 Å². The summed E-state index contributed by atoms with van der Waals surface area (Å²) in [6, 6.07) is 0. The Morgan fingerprint density at radius 2 is 2.19 bits per heavy atom. The molecule has 80 valence electrons. The number of nitrogens with zero attached hydrogens (tertiary/aromatic N) is 11. The second-order valence-corrected chi connectivity index (χ2v) is 2.24. The molecule has 0 spiro atoms. The summed E-state index contributed by atoms with van der Waals surface area (Å²) < 4.78 is 0.833. The molecule has 0 radical (unpaired) electrons. The summed E-state index contributed by atoms with van der Waals surface area (Å²) in [6.45, 7) is 0. The van der Waals surface area contributed by atoms with Crippen LogP contribution in [0.5, 0.6) is 0 Å². The van der Waals surface area contributed by atoms with Gasteiger partial charge in [0.1, 0.15) is 11.0 Å². The van der Waals surface area contributed by atoms with Gasteiger partial charge in [-0.25, -0.2) is 10.1 Å². The molecule has 0 bridgehead atoms. The number of hydrogen-bond donors (Lipinski definition) is 0. The van der Waals surface area contributed by atoms with Gasteiger partial charge in [-0.15, -0.1) is 10.2 Å². The van der Waals surface area contributed by atoms with E-state index < -0.39 is 11.0 Å². The minimum Gasteiger partial charge on any atom is -0.265 e. The third kappa shape index (κ3) is 1.60. The standard InChI is InChI=1S/C3N11O2/c4-12-6-1-5-7-2-8-9-3(11-14(15)16)13(2)10-1/q-1. The molecular weight excluding hydrogens is 222 g/mol. The number of rotatable bonds is 3. The van der Waals surface area contributed by atoms with Crippen LogP contribution in [0.2, 0.25) is 0 Å². The predicted molar refractivity (Wildman–Crippen MR) is 45.2 cm³/mol. The van der Waals surface area contributed by atoms with Crippen LogP contribution in [0.4, 0.5) is 11.9 Å². The highest BCUT2D eigenvalue weighted by atomic mass is 16.7. The van der Waals surface area contributed by atoms with Crippen molar-refractivity contribution in [1.29, 1.82) is 0 Å². The van der Waals surface area contributed by atoms with Gasteiger partial charge in [0.15, 0.2) is 0 Å². The Kier molecular flexibility index (Phi) is 2.12. The zero-order valence-electron chi connectivity index (χ0n) is 7.24.